The van der Waals surface area contributed by atoms with Crippen molar-refractivity contribution >= 4 is 23.4 Å². The van der Waals surface area contributed by atoms with Gasteiger partial charge in [0, 0.05) is 11.8 Å². The molecule has 12 heavy (non-hydrogen) atoms. The van der Waals surface area contributed by atoms with Crippen molar-refractivity contribution in [3.05, 3.63) is 28.5 Å². The SMILES string of the molecule is CC(=O)OC/C=C/c1cccs1. The van der Waals surface area contributed by atoms with E-state index in [0.717, 1.165) is 0 Å². The van der Waals surface area contributed by atoms with Gasteiger partial charge in [0.25, 0.3) is 0 Å². The molecule has 1 heterocycles. The maximum absolute atomic E-state index is 10.4. The van der Waals surface area contributed by atoms with Crippen LogP contribution in [-0.4, -0.2) is 12.6 Å². The molecular weight excluding hydrogens is 172 g/mol. The number of thiophene rings is 1. The third-order valence-electron chi connectivity index (χ3n) is 1.21. The first-order chi connectivity index (χ1) is 5.79. The largest absolute Gasteiger partial charge is 0.462 e. The van der Waals surface area contributed by atoms with Crippen LogP contribution < -0.4 is 0 Å². The number of hydrogen-bond donors (Lipinski definition) is 0. The summed E-state index contributed by atoms with van der Waals surface area (Å²) in [4.78, 5) is 11.5. The molecule has 3 heteroatoms. The first-order valence-electron chi connectivity index (χ1n) is 3.62. The molecule has 0 amide bonds. The predicted octanol–water partition coefficient (Wildman–Crippen LogP) is 2.32. The Morgan fingerprint density at radius 2 is 2.58 bits per heavy atom. The highest BCUT2D eigenvalue weighted by Crippen LogP contribution is 2.09. The molecule has 0 aromatic carbocycles. The fourth-order valence-corrected chi connectivity index (χ4v) is 1.36. The van der Waals surface area contributed by atoms with Crippen molar-refractivity contribution in [1.82, 2.24) is 0 Å². The smallest absolute Gasteiger partial charge is 0.302 e. The maximum Gasteiger partial charge on any atom is 0.302 e. The van der Waals surface area contributed by atoms with Crippen molar-refractivity contribution in [3.8, 4) is 0 Å². The molecule has 0 spiro atoms. The lowest BCUT2D eigenvalue weighted by molar-refractivity contribution is -0.139. The zero-order chi connectivity index (χ0) is 8.81. The molecule has 0 aliphatic rings. The number of hydrogen-bond acceptors (Lipinski definition) is 3. The van der Waals surface area contributed by atoms with Crippen molar-refractivity contribution < 1.29 is 9.53 Å². The topological polar surface area (TPSA) is 26.3 Å². The lowest BCUT2D eigenvalue weighted by atomic mass is 10.4. The van der Waals surface area contributed by atoms with Gasteiger partial charge in [-0.1, -0.05) is 6.07 Å². The maximum atomic E-state index is 10.4. The molecule has 0 unspecified atom stereocenters. The van der Waals surface area contributed by atoms with Crippen LogP contribution in [0.3, 0.4) is 0 Å². The van der Waals surface area contributed by atoms with E-state index in [9.17, 15) is 4.79 Å². The Kier molecular flexibility index (Phi) is 3.54. The van der Waals surface area contributed by atoms with Crippen LogP contribution >= 0.6 is 11.3 Å². The van der Waals surface area contributed by atoms with Gasteiger partial charge in [-0.25, -0.2) is 0 Å². The molecule has 0 saturated carbocycles. The van der Waals surface area contributed by atoms with Crippen LogP contribution in [0.5, 0.6) is 0 Å². The summed E-state index contributed by atoms with van der Waals surface area (Å²) in [6.07, 6.45) is 3.76. The van der Waals surface area contributed by atoms with Crippen molar-refractivity contribution in [2.24, 2.45) is 0 Å². The summed E-state index contributed by atoms with van der Waals surface area (Å²) in [5.41, 5.74) is 0. The predicted molar refractivity (Wildman–Crippen MR) is 50.0 cm³/mol. The van der Waals surface area contributed by atoms with Crippen molar-refractivity contribution in [3.63, 3.8) is 0 Å². The number of carbonyl (C=O) groups excluding carboxylic acids is 1. The summed E-state index contributed by atoms with van der Waals surface area (Å²) in [7, 11) is 0. The normalized spacial score (nSPS) is 10.4. The monoisotopic (exact) mass is 182 g/mol. The standard InChI is InChI=1S/C9H10O2S/c1-8(10)11-6-2-4-9-5-3-7-12-9/h2-5,7H,6H2,1H3/b4-2+. The zero-order valence-corrected chi connectivity index (χ0v) is 7.64. The minimum Gasteiger partial charge on any atom is -0.462 e. The Morgan fingerprint density at radius 1 is 1.75 bits per heavy atom. The fourth-order valence-electron chi connectivity index (χ4n) is 0.716. The molecule has 0 aliphatic carbocycles. The Bertz CT molecular complexity index is 262. The van der Waals surface area contributed by atoms with Gasteiger partial charge in [0.1, 0.15) is 6.61 Å². The first kappa shape index (κ1) is 9.00. The summed E-state index contributed by atoms with van der Waals surface area (Å²) >= 11 is 1.65. The molecule has 0 radical (unpaired) electrons. The van der Waals surface area contributed by atoms with E-state index in [0.29, 0.717) is 6.61 Å². The number of rotatable bonds is 3. The van der Waals surface area contributed by atoms with Gasteiger partial charge in [-0.3, -0.25) is 4.79 Å². The lowest BCUT2D eigenvalue weighted by Gasteiger charge is -1.93. The van der Waals surface area contributed by atoms with Gasteiger partial charge in [0.15, 0.2) is 0 Å². The molecule has 0 fully saturated rings. The third kappa shape index (κ3) is 3.34. The van der Waals surface area contributed by atoms with Crippen LogP contribution in [0.1, 0.15) is 11.8 Å². The van der Waals surface area contributed by atoms with Crippen LogP contribution in [0.15, 0.2) is 23.6 Å². The molecule has 0 saturated heterocycles. The van der Waals surface area contributed by atoms with Gasteiger partial charge in [0.05, 0.1) is 0 Å². The van der Waals surface area contributed by atoms with Crippen molar-refractivity contribution in [2.45, 2.75) is 6.92 Å². The molecule has 1 aromatic rings. The molecular formula is C9H10O2S. The number of carbonyl (C=O) groups is 1. The van der Waals surface area contributed by atoms with Gasteiger partial charge in [-0.15, -0.1) is 11.3 Å². The van der Waals surface area contributed by atoms with E-state index >= 15 is 0 Å². The molecule has 0 atom stereocenters. The van der Waals surface area contributed by atoms with Crippen LogP contribution in [-0.2, 0) is 9.53 Å². The van der Waals surface area contributed by atoms with Crippen molar-refractivity contribution in [1.29, 1.82) is 0 Å². The third-order valence-corrected chi connectivity index (χ3v) is 2.05. The number of ether oxygens (including phenoxy) is 1. The summed E-state index contributed by atoms with van der Waals surface area (Å²) in [6.45, 7) is 1.76. The van der Waals surface area contributed by atoms with E-state index in [1.165, 1.54) is 11.8 Å². The minimum atomic E-state index is -0.245. The Morgan fingerprint density at radius 3 is 3.17 bits per heavy atom. The Balaban J connectivity index is 2.27. The average molecular weight is 182 g/mol. The quantitative estimate of drug-likeness (QED) is 0.670. The second kappa shape index (κ2) is 4.72. The first-order valence-corrected chi connectivity index (χ1v) is 4.50. The molecule has 1 aromatic heterocycles. The second-order valence-corrected chi connectivity index (χ2v) is 3.20. The molecule has 0 bridgehead atoms. The van der Waals surface area contributed by atoms with Crippen LogP contribution in [0.4, 0.5) is 0 Å². The van der Waals surface area contributed by atoms with Crippen molar-refractivity contribution in [2.75, 3.05) is 6.61 Å². The minimum absolute atomic E-state index is 0.245. The van der Waals surface area contributed by atoms with Gasteiger partial charge >= 0.3 is 5.97 Å². The van der Waals surface area contributed by atoms with E-state index < -0.39 is 0 Å². The van der Waals surface area contributed by atoms with Crippen LogP contribution in [0.25, 0.3) is 6.08 Å². The molecule has 64 valence electrons. The molecule has 1 rings (SSSR count). The molecule has 0 aliphatic heterocycles. The van der Waals surface area contributed by atoms with Gasteiger partial charge in [-0.2, -0.15) is 0 Å². The van der Waals surface area contributed by atoms with E-state index in [-0.39, 0.29) is 5.97 Å². The average Bonchev–Trinajstić information content (AvgIpc) is 2.49. The lowest BCUT2D eigenvalue weighted by Crippen LogP contribution is -1.96. The summed E-state index contributed by atoms with van der Waals surface area (Å²) in [5.74, 6) is -0.245. The molecule has 2 nitrogen and oxygen atoms in total. The summed E-state index contributed by atoms with van der Waals surface area (Å²) in [5, 5.41) is 2.01. The summed E-state index contributed by atoms with van der Waals surface area (Å²) in [6, 6.07) is 3.99. The molecule has 0 N–H and O–H groups in total. The van der Waals surface area contributed by atoms with E-state index in [2.05, 4.69) is 0 Å². The van der Waals surface area contributed by atoms with Gasteiger partial charge < -0.3 is 4.74 Å². The van der Waals surface area contributed by atoms with E-state index in [1.807, 2.05) is 29.7 Å². The highest BCUT2D eigenvalue weighted by Gasteiger charge is 1.88. The highest BCUT2D eigenvalue weighted by molar-refractivity contribution is 7.10. The Labute approximate surface area is 75.5 Å². The zero-order valence-electron chi connectivity index (χ0n) is 6.82. The van der Waals surface area contributed by atoms with Gasteiger partial charge in [0.2, 0.25) is 0 Å². The Hall–Kier alpha value is -1.09. The van der Waals surface area contributed by atoms with E-state index in [1.54, 1.807) is 11.3 Å². The summed E-state index contributed by atoms with van der Waals surface area (Å²) < 4.78 is 4.72. The highest BCUT2D eigenvalue weighted by atomic mass is 32.1. The second-order valence-electron chi connectivity index (χ2n) is 2.22. The number of esters is 1. The van der Waals surface area contributed by atoms with Crippen LogP contribution in [0.2, 0.25) is 0 Å². The van der Waals surface area contributed by atoms with Gasteiger partial charge in [-0.05, 0) is 23.6 Å². The fraction of sp³-hybridized carbons (Fsp3) is 0.222. The van der Waals surface area contributed by atoms with Crippen LogP contribution in [0, 0.1) is 0 Å². The van der Waals surface area contributed by atoms with E-state index in [4.69, 9.17) is 4.74 Å².